The van der Waals surface area contributed by atoms with Crippen LogP contribution in [-0.2, 0) is 66.3 Å². The molecular weight excluding hydrogens is 1580 g/mol. The Labute approximate surface area is 639 Å². The van der Waals surface area contributed by atoms with Gasteiger partial charge in [-0.25, -0.2) is 0 Å². The van der Waals surface area contributed by atoms with Gasteiger partial charge in [0.15, 0.2) is 85.7 Å². The average molecular weight is 1680 g/mol. The summed E-state index contributed by atoms with van der Waals surface area (Å²) in [6.07, 6.45) is -71.0. The second-order valence-electron chi connectivity index (χ2n) is 23.7. The monoisotopic (exact) mass is 1670 g/mol. The Kier molecular flexibility index (Phi) is 40.9. The van der Waals surface area contributed by atoms with Gasteiger partial charge in [0, 0.05) is 0 Å². The molecule has 42 N–H and O–H groups in total. The van der Waals surface area contributed by atoms with Crippen molar-refractivity contribution in [1.29, 1.82) is 0 Å². The van der Waals surface area contributed by atoms with E-state index in [0.29, 0.717) is 0 Å². The minimum atomic E-state index is -2.26. The van der Waals surface area contributed by atoms with Crippen LogP contribution in [0.3, 0.4) is 0 Å². The molecule has 0 aliphatic carbocycles. The molecule has 0 aromatic heterocycles. The number of nitrogens with two attached hydrogens (primary N) is 14. The molecular formula is C49H98Cl7N21O28. The van der Waals surface area contributed by atoms with E-state index in [1.54, 1.807) is 0 Å². The Morgan fingerprint density at radius 1 is 0.171 bits per heavy atom. The van der Waals surface area contributed by atoms with Crippen molar-refractivity contribution in [3.05, 3.63) is 0 Å². The Morgan fingerprint density at radius 2 is 0.267 bits per heavy atom. The number of hydrogen-bond donors (Lipinski definition) is 28. The molecule has 0 aromatic carbocycles. The number of guanidine groups is 7. The summed E-state index contributed by atoms with van der Waals surface area (Å²) in [5.74, 6) is -3.90. The highest BCUT2D eigenvalue weighted by Gasteiger charge is 2.60. The third-order valence-electron chi connectivity index (χ3n) is 16.7. The van der Waals surface area contributed by atoms with E-state index < -0.39 is 302 Å². The summed E-state index contributed by atoms with van der Waals surface area (Å²) in [6, 6.07) is 0. The predicted octanol–water partition coefficient (Wildman–Crippen LogP) is -17.3. The zero-order valence-corrected chi connectivity index (χ0v) is 60.4. The van der Waals surface area contributed by atoms with Crippen molar-refractivity contribution in [1.82, 2.24) is 0 Å². The van der Waals surface area contributed by atoms with Crippen LogP contribution in [0.25, 0.3) is 0 Å². The molecule has 21 saturated heterocycles. The lowest BCUT2D eigenvalue weighted by atomic mass is 9.94. The second-order valence-corrected chi connectivity index (χ2v) is 23.7. The maximum absolute atomic E-state index is 11.9. The van der Waals surface area contributed by atoms with E-state index in [0.717, 1.165) is 0 Å². The second kappa shape index (κ2) is 43.4. The van der Waals surface area contributed by atoms with Crippen LogP contribution in [0.15, 0.2) is 34.9 Å². The number of aliphatic imine (C=N–C) groups is 7. The molecule has 21 fully saturated rings. The van der Waals surface area contributed by atoms with Crippen molar-refractivity contribution >= 4 is 129 Å². The highest BCUT2D eigenvalue weighted by molar-refractivity contribution is 5.86. The SMILES string of the molecule is Cl.Cl.Cl.Cl.Cl.Cl.Cl.NC(N)=NC[C@H]1O[C@@H]2O[C@H]3[C@H](O)[C@@H](O)[C@@H](O[C@H]4[C@H](O)[C@@H](O)[C@@H](O[C@H]5[C@H](O)[C@@H](O)[C@@H](O[C@H]6[C@H](O)[C@@H](O)[C@@H](O[C@H]7[C@H](O)[C@@H](O)[C@@H](O[C@H]8[C@H](O)[C@@H](O)[C@@H](O[C@H]1[C@H](O)[C@H]2O)O[C@@H]8CN=C(N)N)O[C@@H]7CN=C(N)N)O[C@@H]6CN=C(N)N)O[C@@H]5CN=C(N)N)O[C@@H]4CN=C(N)N)O[C@@H]3CN=C(N)N. The Bertz CT molecular complexity index is 2340. The molecule has 105 heavy (non-hydrogen) atoms. The molecule has 0 spiro atoms. The highest BCUT2D eigenvalue weighted by Crippen LogP contribution is 2.40. The quantitative estimate of drug-likeness (QED) is 0.0567. The Balaban J connectivity index is 0.00000787. The lowest BCUT2D eigenvalue weighted by Crippen LogP contribution is -2.68. The Hall–Kier alpha value is -4.20. The van der Waals surface area contributed by atoms with E-state index in [-0.39, 0.29) is 86.8 Å². The van der Waals surface area contributed by atoms with Crippen LogP contribution in [0.1, 0.15) is 0 Å². The first-order chi connectivity index (χ1) is 46.1. The van der Waals surface area contributed by atoms with Crippen LogP contribution in [-0.4, -0.2) is 374 Å². The van der Waals surface area contributed by atoms with Crippen LogP contribution >= 0.6 is 86.8 Å². The van der Waals surface area contributed by atoms with Crippen LogP contribution < -0.4 is 80.3 Å². The smallest absolute Gasteiger partial charge is 0.187 e. The van der Waals surface area contributed by atoms with Crippen molar-refractivity contribution in [3.63, 3.8) is 0 Å². The number of halogens is 7. The maximum atomic E-state index is 11.9. The number of rotatable bonds is 14. The maximum Gasteiger partial charge on any atom is 0.187 e. The van der Waals surface area contributed by atoms with Crippen molar-refractivity contribution in [2.24, 2.45) is 115 Å². The summed E-state index contributed by atoms with van der Waals surface area (Å²) in [7, 11) is 0. The van der Waals surface area contributed by atoms with E-state index in [1.807, 2.05) is 0 Å². The molecule has 14 bridgehead atoms. The van der Waals surface area contributed by atoms with Gasteiger partial charge in [0.1, 0.15) is 171 Å². The molecule has 56 heteroatoms. The summed E-state index contributed by atoms with van der Waals surface area (Å²) in [5.41, 5.74) is 79.5. The van der Waals surface area contributed by atoms with E-state index in [1.165, 1.54) is 0 Å². The van der Waals surface area contributed by atoms with Crippen molar-refractivity contribution in [2.75, 3.05) is 45.8 Å². The summed E-state index contributed by atoms with van der Waals surface area (Å²) in [5, 5.41) is 166. The minimum Gasteiger partial charge on any atom is -0.387 e. The molecule has 21 aliphatic heterocycles. The van der Waals surface area contributed by atoms with Crippen molar-refractivity contribution in [3.8, 4) is 0 Å². The topological polar surface area (TPSA) is 863 Å². The van der Waals surface area contributed by atoms with Gasteiger partial charge in [0.05, 0.1) is 45.8 Å². The first kappa shape index (κ1) is 98.8. The van der Waals surface area contributed by atoms with Gasteiger partial charge in [-0.15, -0.1) is 86.8 Å². The van der Waals surface area contributed by atoms with Gasteiger partial charge in [-0.3, -0.25) is 34.9 Å². The standard InChI is InChI=1S/C49H91N21O28.7ClH/c50-43(51)64-1-8-29-15(71)22(78)36(85-8)93-30-9(2-65-44(52)53)87-38(24(80)17(30)73)95-32-11(4-67-46(56)57)89-40(26(82)19(32)75)97-34-13(6-69-48(60)61)91-42(28(84)21(34)77)98-35-14(7-70-49(62)63)90-41(27(83)20(35)76)96-33-12(5-68-47(58)59)88-39(25(81)18(33)74)94-31-10(3-66-45(54)55)86-37(92-29)23(79)16(31)72;;;;;;;/h8-42,71-84H,1-7H2,(H4,50,51,64)(H4,52,53,65)(H4,54,55,66)(H4,56,57,67)(H4,58,59,68)(H4,60,61,69)(H4,62,63,70);7*1H/t8-,9-,10-,11-,12-,13-,14-,15-,16-,17-,18-,19-,20-,21-,22-,23-,24-,25-,26-,27-,28-,29-,30-,31-,32-,33-,34-,35-,36-,37-,38-,39-,40-,41-,42-;;;;;;;/m1......./s1. The summed E-state index contributed by atoms with van der Waals surface area (Å²) in [6.45, 7) is -4.60. The fourth-order valence-electron chi connectivity index (χ4n) is 11.8. The van der Waals surface area contributed by atoms with E-state index in [9.17, 15) is 71.5 Å². The molecule has 0 aromatic rings. The van der Waals surface area contributed by atoms with Crippen molar-refractivity contribution in [2.45, 2.75) is 215 Å². The average Bonchev–Trinajstić information content (AvgIpc) is 0.788. The van der Waals surface area contributed by atoms with Crippen LogP contribution in [0.2, 0.25) is 0 Å². The van der Waals surface area contributed by atoms with Gasteiger partial charge < -0.3 is 218 Å². The molecule has 0 saturated carbocycles. The number of nitrogens with zero attached hydrogens (tertiary/aromatic N) is 7. The fourth-order valence-corrected chi connectivity index (χ4v) is 11.8. The minimum absolute atomic E-state index is 0. The zero-order valence-electron chi connectivity index (χ0n) is 54.7. The third kappa shape index (κ3) is 24.2. The summed E-state index contributed by atoms with van der Waals surface area (Å²) >= 11 is 0. The van der Waals surface area contributed by atoms with E-state index in [2.05, 4.69) is 34.9 Å². The van der Waals surface area contributed by atoms with Gasteiger partial charge in [0.25, 0.3) is 0 Å². The highest BCUT2D eigenvalue weighted by atomic mass is 35.5. The van der Waals surface area contributed by atoms with Gasteiger partial charge in [-0.05, 0) is 0 Å². The molecule has 21 heterocycles. The third-order valence-corrected chi connectivity index (χ3v) is 16.7. The zero-order chi connectivity index (χ0) is 72.0. The fraction of sp³-hybridized carbons (Fsp3) is 0.857. The summed E-state index contributed by atoms with van der Waals surface area (Å²) in [4.78, 5) is 27.6. The van der Waals surface area contributed by atoms with Gasteiger partial charge >= 0.3 is 0 Å². The van der Waals surface area contributed by atoms with Crippen molar-refractivity contribution < 1.29 is 138 Å². The molecule has 0 amide bonds. The first-order valence-electron chi connectivity index (χ1n) is 30.2. The molecule has 21 aliphatic rings. The van der Waals surface area contributed by atoms with Crippen LogP contribution in [0.5, 0.6) is 0 Å². The lowest BCUT2D eigenvalue weighted by molar-refractivity contribution is -0.391. The van der Waals surface area contributed by atoms with E-state index in [4.69, 9.17) is 147 Å². The van der Waals surface area contributed by atoms with Gasteiger partial charge in [-0.1, -0.05) is 0 Å². The molecule has 49 nitrogen and oxygen atoms in total. The predicted molar refractivity (Wildman–Crippen MR) is 374 cm³/mol. The number of aliphatic hydroxyl groups excluding tert-OH is 14. The largest absolute Gasteiger partial charge is 0.387 e. The van der Waals surface area contributed by atoms with E-state index >= 15 is 0 Å². The lowest BCUT2D eigenvalue weighted by Gasteiger charge is -2.50. The number of hydrogen-bond acceptors (Lipinski definition) is 35. The van der Waals surface area contributed by atoms with Gasteiger partial charge in [-0.2, -0.15) is 0 Å². The van der Waals surface area contributed by atoms with Crippen LogP contribution in [0, 0.1) is 0 Å². The first-order valence-corrected chi connectivity index (χ1v) is 30.2. The molecule has 0 radical (unpaired) electrons. The molecule has 616 valence electrons. The van der Waals surface area contributed by atoms with Crippen LogP contribution in [0.4, 0.5) is 0 Å². The molecule has 35 atom stereocenters. The van der Waals surface area contributed by atoms with Gasteiger partial charge in [0.2, 0.25) is 0 Å². The normalized spacial score (nSPS) is 42.4. The molecule has 21 rings (SSSR count). The number of aliphatic hydroxyl groups is 14. The number of ether oxygens (including phenoxy) is 14. The summed E-state index contributed by atoms with van der Waals surface area (Å²) < 4.78 is 85.0. The molecule has 0 unspecified atom stereocenters. The Morgan fingerprint density at radius 3 is 0.352 bits per heavy atom.